The summed E-state index contributed by atoms with van der Waals surface area (Å²) in [5, 5.41) is 0. The first-order valence-corrected chi connectivity index (χ1v) is 5.20. The van der Waals surface area contributed by atoms with Gasteiger partial charge < -0.3 is 16.4 Å². The number of hydrogen-bond donors (Lipinski definition) is 2. The van der Waals surface area contributed by atoms with E-state index in [2.05, 4.69) is 0 Å². The van der Waals surface area contributed by atoms with Crippen LogP contribution >= 0.6 is 0 Å². The van der Waals surface area contributed by atoms with Crippen LogP contribution in [0.3, 0.4) is 0 Å². The monoisotopic (exact) mass is 213 g/mol. The minimum absolute atomic E-state index is 0.414. The van der Waals surface area contributed by atoms with Crippen molar-refractivity contribution >= 4 is 0 Å². The Morgan fingerprint density at radius 1 is 1.53 bits per heavy atom. The quantitative estimate of drug-likeness (QED) is 0.725. The first kappa shape index (κ1) is 12.2. The van der Waals surface area contributed by atoms with Gasteiger partial charge in [0, 0.05) is 5.70 Å². The summed E-state index contributed by atoms with van der Waals surface area (Å²) in [7, 11) is 3.94. The van der Waals surface area contributed by atoms with Crippen LogP contribution in [0.4, 0.5) is 4.39 Å². The molecule has 0 aromatic carbocycles. The SMILES string of the molecule is CN(C)CCCC1(F)C=C(N)C=CC1N. The number of halogens is 1. The van der Waals surface area contributed by atoms with Crippen LogP contribution in [0, 0.1) is 0 Å². The topological polar surface area (TPSA) is 55.3 Å². The summed E-state index contributed by atoms with van der Waals surface area (Å²) in [5.41, 5.74) is 10.3. The van der Waals surface area contributed by atoms with Gasteiger partial charge in [0.15, 0.2) is 0 Å². The first-order valence-electron chi connectivity index (χ1n) is 5.20. The Kier molecular flexibility index (Phi) is 3.88. The van der Waals surface area contributed by atoms with E-state index in [4.69, 9.17) is 11.5 Å². The molecule has 4 N–H and O–H groups in total. The molecule has 3 nitrogen and oxygen atoms in total. The van der Waals surface area contributed by atoms with Crippen LogP contribution in [-0.2, 0) is 0 Å². The summed E-state index contributed by atoms with van der Waals surface area (Å²) in [6.07, 6.45) is 5.92. The highest BCUT2D eigenvalue weighted by atomic mass is 19.1. The van der Waals surface area contributed by atoms with Crippen LogP contribution in [0.5, 0.6) is 0 Å². The molecule has 0 heterocycles. The predicted molar refractivity (Wildman–Crippen MR) is 61.0 cm³/mol. The van der Waals surface area contributed by atoms with Crippen molar-refractivity contribution in [2.75, 3.05) is 20.6 Å². The molecule has 0 saturated carbocycles. The summed E-state index contributed by atoms with van der Waals surface area (Å²) >= 11 is 0. The zero-order chi connectivity index (χ0) is 11.5. The lowest BCUT2D eigenvalue weighted by atomic mass is 9.87. The molecule has 15 heavy (non-hydrogen) atoms. The molecule has 0 spiro atoms. The molecule has 4 heteroatoms. The van der Waals surface area contributed by atoms with Gasteiger partial charge in [-0.1, -0.05) is 6.08 Å². The van der Waals surface area contributed by atoms with Crippen LogP contribution in [0.15, 0.2) is 23.9 Å². The van der Waals surface area contributed by atoms with Crippen LogP contribution in [0.25, 0.3) is 0 Å². The average molecular weight is 213 g/mol. The van der Waals surface area contributed by atoms with Gasteiger partial charge in [-0.25, -0.2) is 4.39 Å². The van der Waals surface area contributed by atoms with E-state index >= 15 is 0 Å². The summed E-state index contributed by atoms with van der Waals surface area (Å²) in [5.74, 6) is 0. The van der Waals surface area contributed by atoms with E-state index in [0.717, 1.165) is 13.0 Å². The molecular formula is C11H20FN3. The van der Waals surface area contributed by atoms with E-state index in [-0.39, 0.29) is 0 Å². The summed E-state index contributed by atoms with van der Waals surface area (Å²) < 4.78 is 14.3. The Balaban J connectivity index is 2.54. The molecule has 2 unspecified atom stereocenters. The van der Waals surface area contributed by atoms with Gasteiger partial charge >= 0.3 is 0 Å². The highest BCUT2D eigenvalue weighted by Crippen LogP contribution is 2.28. The standard InChI is InChI=1S/C11H20FN3/c1-15(2)7-3-6-11(12)8-9(13)4-5-10(11)14/h4-5,8,10H,3,6-7,13-14H2,1-2H3. The molecule has 0 bridgehead atoms. The van der Waals surface area contributed by atoms with Crippen molar-refractivity contribution in [1.82, 2.24) is 4.90 Å². The number of hydrogen-bond acceptors (Lipinski definition) is 3. The Hall–Kier alpha value is -0.870. The van der Waals surface area contributed by atoms with Gasteiger partial charge in [0.2, 0.25) is 0 Å². The Morgan fingerprint density at radius 2 is 2.20 bits per heavy atom. The fourth-order valence-electron chi connectivity index (χ4n) is 1.70. The molecule has 2 atom stereocenters. The van der Waals surface area contributed by atoms with Gasteiger partial charge in [-0.05, 0) is 45.6 Å². The third-order valence-electron chi connectivity index (χ3n) is 2.62. The molecule has 0 aromatic heterocycles. The largest absolute Gasteiger partial charge is 0.399 e. The minimum Gasteiger partial charge on any atom is -0.399 e. The van der Waals surface area contributed by atoms with E-state index in [1.165, 1.54) is 6.08 Å². The van der Waals surface area contributed by atoms with E-state index in [1.807, 2.05) is 19.0 Å². The molecule has 0 fully saturated rings. The molecular weight excluding hydrogens is 193 g/mol. The normalized spacial score (nSPS) is 30.7. The second-order valence-corrected chi connectivity index (χ2v) is 4.36. The third-order valence-corrected chi connectivity index (χ3v) is 2.62. The third kappa shape index (κ3) is 3.32. The van der Waals surface area contributed by atoms with Gasteiger partial charge in [-0.2, -0.15) is 0 Å². The molecule has 1 aliphatic rings. The summed E-state index contributed by atoms with van der Waals surface area (Å²) in [6, 6.07) is -0.577. The van der Waals surface area contributed by atoms with Gasteiger partial charge in [0.05, 0.1) is 6.04 Å². The zero-order valence-corrected chi connectivity index (χ0v) is 9.41. The number of nitrogens with two attached hydrogens (primary N) is 2. The molecule has 0 saturated heterocycles. The van der Waals surface area contributed by atoms with Gasteiger partial charge in [-0.15, -0.1) is 0 Å². The van der Waals surface area contributed by atoms with Crippen molar-refractivity contribution in [2.24, 2.45) is 11.5 Å². The number of allylic oxidation sites excluding steroid dienone is 1. The van der Waals surface area contributed by atoms with Crippen molar-refractivity contribution in [3.63, 3.8) is 0 Å². The van der Waals surface area contributed by atoms with Crippen LogP contribution in [0.2, 0.25) is 0 Å². The fourth-order valence-corrected chi connectivity index (χ4v) is 1.70. The lowest BCUT2D eigenvalue weighted by Gasteiger charge is -2.29. The van der Waals surface area contributed by atoms with E-state index < -0.39 is 11.7 Å². The highest BCUT2D eigenvalue weighted by Gasteiger charge is 2.34. The Labute approximate surface area is 90.6 Å². The first-order chi connectivity index (χ1) is 6.94. The zero-order valence-electron chi connectivity index (χ0n) is 9.41. The highest BCUT2D eigenvalue weighted by molar-refractivity contribution is 5.30. The maximum absolute atomic E-state index is 14.3. The molecule has 0 amide bonds. The van der Waals surface area contributed by atoms with Crippen LogP contribution in [0.1, 0.15) is 12.8 Å². The second kappa shape index (κ2) is 4.77. The Morgan fingerprint density at radius 3 is 2.80 bits per heavy atom. The van der Waals surface area contributed by atoms with E-state index in [9.17, 15) is 4.39 Å². The van der Waals surface area contributed by atoms with Gasteiger partial charge in [0.25, 0.3) is 0 Å². The molecule has 1 rings (SSSR count). The number of alkyl halides is 1. The predicted octanol–water partition coefficient (Wildman–Crippen LogP) is 0.776. The van der Waals surface area contributed by atoms with E-state index in [1.54, 1.807) is 12.2 Å². The van der Waals surface area contributed by atoms with Crippen LogP contribution in [-0.4, -0.2) is 37.3 Å². The molecule has 86 valence electrons. The maximum atomic E-state index is 14.3. The second-order valence-electron chi connectivity index (χ2n) is 4.36. The van der Waals surface area contributed by atoms with Gasteiger partial charge in [-0.3, -0.25) is 0 Å². The van der Waals surface area contributed by atoms with Gasteiger partial charge in [0.1, 0.15) is 5.67 Å². The average Bonchev–Trinajstić information content (AvgIpc) is 2.11. The minimum atomic E-state index is -1.48. The summed E-state index contributed by atoms with van der Waals surface area (Å²) in [4.78, 5) is 2.03. The van der Waals surface area contributed by atoms with Crippen LogP contribution < -0.4 is 11.5 Å². The molecule has 0 radical (unpaired) electrons. The van der Waals surface area contributed by atoms with Crippen molar-refractivity contribution in [3.8, 4) is 0 Å². The van der Waals surface area contributed by atoms with Crippen molar-refractivity contribution in [2.45, 2.75) is 24.6 Å². The fraction of sp³-hybridized carbons (Fsp3) is 0.636. The van der Waals surface area contributed by atoms with Crippen molar-refractivity contribution in [1.29, 1.82) is 0 Å². The summed E-state index contributed by atoms with van der Waals surface area (Å²) in [6.45, 7) is 0.857. The molecule has 1 aliphatic carbocycles. The number of nitrogens with zero attached hydrogens (tertiary/aromatic N) is 1. The van der Waals surface area contributed by atoms with E-state index in [0.29, 0.717) is 12.1 Å². The Bertz CT molecular complexity index is 273. The molecule has 0 aromatic rings. The smallest absolute Gasteiger partial charge is 0.150 e. The lowest BCUT2D eigenvalue weighted by Crippen LogP contribution is -2.44. The van der Waals surface area contributed by atoms with Crippen molar-refractivity contribution < 1.29 is 4.39 Å². The maximum Gasteiger partial charge on any atom is 0.150 e. The lowest BCUT2D eigenvalue weighted by molar-refractivity contribution is 0.179. The van der Waals surface area contributed by atoms with Crippen molar-refractivity contribution in [3.05, 3.63) is 23.9 Å². The number of rotatable bonds is 4. The molecule has 0 aliphatic heterocycles.